The number of rotatable bonds is 6. The summed E-state index contributed by atoms with van der Waals surface area (Å²) < 4.78 is 4.62. The molecule has 0 bridgehead atoms. The second-order valence-corrected chi connectivity index (χ2v) is 5.13. The third-order valence-corrected chi connectivity index (χ3v) is 3.39. The average Bonchev–Trinajstić information content (AvgIpc) is 2.65. The maximum atomic E-state index is 12.0. The van der Waals surface area contributed by atoms with Crippen LogP contribution < -0.4 is 16.0 Å². The SMILES string of the molecule is CNC(=O)c1cccc(NC(=O)CNc2ccc(C(=O)OC)cc2)c1. The van der Waals surface area contributed by atoms with E-state index in [0.29, 0.717) is 22.5 Å². The third kappa shape index (κ3) is 5.07. The van der Waals surface area contributed by atoms with E-state index in [0.717, 1.165) is 0 Å². The fraction of sp³-hybridized carbons (Fsp3) is 0.167. The van der Waals surface area contributed by atoms with Crippen LogP contribution in [0.25, 0.3) is 0 Å². The lowest BCUT2D eigenvalue weighted by Crippen LogP contribution is -2.22. The van der Waals surface area contributed by atoms with Gasteiger partial charge in [0.15, 0.2) is 0 Å². The molecule has 0 aliphatic carbocycles. The number of benzene rings is 2. The summed E-state index contributed by atoms with van der Waals surface area (Å²) >= 11 is 0. The van der Waals surface area contributed by atoms with Crippen molar-refractivity contribution in [1.29, 1.82) is 0 Å². The lowest BCUT2D eigenvalue weighted by molar-refractivity contribution is -0.114. The minimum absolute atomic E-state index is 0.0434. The van der Waals surface area contributed by atoms with Crippen molar-refractivity contribution in [3.63, 3.8) is 0 Å². The molecule has 2 aromatic carbocycles. The van der Waals surface area contributed by atoms with Crippen LogP contribution in [0, 0.1) is 0 Å². The number of nitrogens with one attached hydrogen (secondary N) is 3. The predicted molar refractivity (Wildman–Crippen MR) is 94.7 cm³/mol. The van der Waals surface area contributed by atoms with E-state index in [4.69, 9.17) is 0 Å². The van der Waals surface area contributed by atoms with Gasteiger partial charge in [0, 0.05) is 24.0 Å². The number of ether oxygens (including phenoxy) is 1. The minimum Gasteiger partial charge on any atom is -0.465 e. The molecule has 7 heteroatoms. The van der Waals surface area contributed by atoms with Gasteiger partial charge in [-0.05, 0) is 42.5 Å². The molecule has 3 N–H and O–H groups in total. The van der Waals surface area contributed by atoms with Gasteiger partial charge >= 0.3 is 5.97 Å². The molecule has 0 aliphatic heterocycles. The van der Waals surface area contributed by atoms with Crippen molar-refractivity contribution in [2.45, 2.75) is 0 Å². The molecule has 0 radical (unpaired) electrons. The number of carbonyl (C=O) groups is 3. The van der Waals surface area contributed by atoms with Crippen LogP contribution in [-0.2, 0) is 9.53 Å². The molecule has 130 valence electrons. The average molecular weight is 341 g/mol. The molecule has 0 saturated heterocycles. The molecule has 7 nitrogen and oxygen atoms in total. The van der Waals surface area contributed by atoms with Crippen LogP contribution in [0.15, 0.2) is 48.5 Å². The molecular weight excluding hydrogens is 322 g/mol. The summed E-state index contributed by atoms with van der Waals surface area (Å²) in [6.07, 6.45) is 0. The Morgan fingerprint density at radius 2 is 1.68 bits per heavy atom. The van der Waals surface area contributed by atoms with E-state index in [1.165, 1.54) is 7.11 Å². The summed E-state index contributed by atoms with van der Waals surface area (Å²) in [7, 11) is 2.86. The van der Waals surface area contributed by atoms with Gasteiger partial charge in [0.25, 0.3) is 5.91 Å². The van der Waals surface area contributed by atoms with E-state index in [2.05, 4.69) is 20.7 Å². The van der Waals surface area contributed by atoms with Gasteiger partial charge in [-0.15, -0.1) is 0 Å². The van der Waals surface area contributed by atoms with Crippen LogP contribution in [-0.4, -0.2) is 38.5 Å². The molecular formula is C18H19N3O4. The number of anilines is 2. The lowest BCUT2D eigenvalue weighted by Gasteiger charge is -2.09. The lowest BCUT2D eigenvalue weighted by atomic mass is 10.2. The molecule has 25 heavy (non-hydrogen) atoms. The van der Waals surface area contributed by atoms with Gasteiger partial charge in [-0.1, -0.05) is 6.07 Å². The molecule has 0 aromatic heterocycles. The van der Waals surface area contributed by atoms with Crippen molar-refractivity contribution in [1.82, 2.24) is 5.32 Å². The van der Waals surface area contributed by atoms with Crippen molar-refractivity contribution >= 4 is 29.2 Å². The molecule has 2 amide bonds. The molecule has 0 fully saturated rings. The van der Waals surface area contributed by atoms with Gasteiger partial charge in [-0.25, -0.2) is 4.79 Å². The second-order valence-electron chi connectivity index (χ2n) is 5.13. The van der Waals surface area contributed by atoms with Crippen molar-refractivity contribution in [2.75, 3.05) is 31.3 Å². The summed E-state index contributed by atoms with van der Waals surface area (Å²) in [5.74, 6) is -0.897. The van der Waals surface area contributed by atoms with E-state index in [-0.39, 0.29) is 18.4 Å². The summed E-state index contributed by atoms with van der Waals surface area (Å²) in [6, 6.07) is 13.3. The number of hydrogen-bond donors (Lipinski definition) is 3. The zero-order valence-electron chi connectivity index (χ0n) is 14.0. The first-order valence-corrected chi connectivity index (χ1v) is 7.57. The Balaban J connectivity index is 1.90. The van der Waals surface area contributed by atoms with Crippen LogP contribution in [0.4, 0.5) is 11.4 Å². The summed E-state index contributed by atoms with van der Waals surface area (Å²) in [5.41, 5.74) is 2.13. The van der Waals surface area contributed by atoms with Crippen LogP contribution >= 0.6 is 0 Å². The smallest absolute Gasteiger partial charge is 0.337 e. The standard InChI is InChI=1S/C18H19N3O4/c1-19-17(23)13-4-3-5-15(10-13)21-16(22)11-20-14-8-6-12(7-9-14)18(24)25-2/h3-10,20H,11H2,1-2H3,(H,19,23)(H,21,22). The van der Waals surface area contributed by atoms with E-state index in [9.17, 15) is 14.4 Å². The number of methoxy groups -OCH3 is 1. The molecule has 0 atom stereocenters. The summed E-state index contributed by atoms with van der Waals surface area (Å²) in [5, 5.41) is 8.20. The zero-order chi connectivity index (χ0) is 18.2. The van der Waals surface area contributed by atoms with E-state index >= 15 is 0 Å². The van der Waals surface area contributed by atoms with Crippen LogP contribution in [0.3, 0.4) is 0 Å². The molecule has 0 unspecified atom stereocenters. The van der Waals surface area contributed by atoms with Crippen molar-refractivity contribution < 1.29 is 19.1 Å². The monoisotopic (exact) mass is 341 g/mol. The maximum absolute atomic E-state index is 12.0. The first kappa shape index (κ1) is 18.0. The highest BCUT2D eigenvalue weighted by molar-refractivity contribution is 5.98. The van der Waals surface area contributed by atoms with Crippen molar-refractivity contribution in [3.05, 3.63) is 59.7 Å². The molecule has 0 aliphatic rings. The minimum atomic E-state index is -0.416. The third-order valence-electron chi connectivity index (χ3n) is 3.39. The van der Waals surface area contributed by atoms with Crippen molar-refractivity contribution in [3.8, 4) is 0 Å². The van der Waals surface area contributed by atoms with Crippen LogP contribution in [0.2, 0.25) is 0 Å². The molecule has 2 rings (SSSR count). The molecule has 0 spiro atoms. The molecule has 0 saturated carbocycles. The fourth-order valence-corrected chi connectivity index (χ4v) is 2.11. The van der Waals surface area contributed by atoms with Gasteiger partial charge < -0.3 is 20.7 Å². The summed E-state index contributed by atoms with van der Waals surface area (Å²) in [4.78, 5) is 35.0. The molecule has 2 aromatic rings. The van der Waals surface area contributed by atoms with E-state index < -0.39 is 5.97 Å². The molecule has 0 heterocycles. The van der Waals surface area contributed by atoms with E-state index in [1.54, 1.807) is 55.6 Å². The van der Waals surface area contributed by atoms with Crippen molar-refractivity contribution in [2.24, 2.45) is 0 Å². The van der Waals surface area contributed by atoms with Gasteiger partial charge in [0.05, 0.1) is 19.2 Å². The Hall–Kier alpha value is -3.35. The Labute approximate surface area is 145 Å². The summed E-state index contributed by atoms with van der Waals surface area (Å²) in [6.45, 7) is 0.0434. The number of carbonyl (C=O) groups excluding carboxylic acids is 3. The Morgan fingerprint density at radius 1 is 0.960 bits per heavy atom. The van der Waals surface area contributed by atoms with Crippen LogP contribution in [0.5, 0.6) is 0 Å². The Bertz CT molecular complexity index is 772. The van der Waals surface area contributed by atoms with Gasteiger partial charge in [0.1, 0.15) is 0 Å². The number of amides is 2. The first-order chi connectivity index (χ1) is 12.0. The van der Waals surface area contributed by atoms with E-state index in [1.807, 2.05) is 0 Å². The highest BCUT2D eigenvalue weighted by Gasteiger charge is 2.07. The zero-order valence-corrected chi connectivity index (χ0v) is 14.0. The normalized spacial score (nSPS) is 9.84. The van der Waals surface area contributed by atoms with Crippen LogP contribution in [0.1, 0.15) is 20.7 Å². The highest BCUT2D eigenvalue weighted by Crippen LogP contribution is 2.12. The second kappa shape index (κ2) is 8.49. The topological polar surface area (TPSA) is 96.5 Å². The quantitative estimate of drug-likeness (QED) is 0.697. The highest BCUT2D eigenvalue weighted by atomic mass is 16.5. The Kier molecular flexibility index (Phi) is 6.11. The number of hydrogen-bond acceptors (Lipinski definition) is 5. The van der Waals surface area contributed by atoms with Gasteiger partial charge in [-0.2, -0.15) is 0 Å². The first-order valence-electron chi connectivity index (χ1n) is 7.57. The number of esters is 1. The Morgan fingerprint density at radius 3 is 2.32 bits per heavy atom. The largest absolute Gasteiger partial charge is 0.465 e. The van der Waals surface area contributed by atoms with Gasteiger partial charge in [0.2, 0.25) is 5.91 Å². The maximum Gasteiger partial charge on any atom is 0.337 e. The predicted octanol–water partition coefficient (Wildman–Crippen LogP) is 1.88. The fourth-order valence-electron chi connectivity index (χ4n) is 2.11. The van der Waals surface area contributed by atoms with Gasteiger partial charge in [-0.3, -0.25) is 9.59 Å².